The molecule has 0 bridgehead atoms. The molecule has 1 heterocycles. The van der Waals surface area contributed by atoms with E-state index in [-0.39, 0.29) is 23.8 Å². The molecule has 1 atom stereocenters. The van der Waals surface area contributed by atoms with Gasteiger partial charge >= 0.3 is 5.97 Å². The van der Waals surface area contributed by atoms with Crippen molar-refractivity contribution in [1.82, 2.24) is 4.98 Å². The summed E-state index contributed by atoms with van der Waals surface area (Å²) in [5.74, 6) is -1.50. The smallest absolute Gasteiger partial charge is 0.327 e. The number of hydrogen-bond acceptors (Lipinski definition) is 4. The van der Waals surface area contributed by atoms with Gasteiger partial charge in [0.15, 0.2) is 0 Å². The van der Waals surface area contributed by atoms with Crippen molar-refractivity contribution in [2.45, 2.75) is 18.9 Å². The molecule has 0 spiro atoms. The first kappa shape index (κ1) is 24.0. The van der Waals surface area contributed by atoms with Crippen LogP contribution >= 0.6 is 34.5 Å². The number of carbonyl (C=O) groups is 2. The zero-order chi connectivity index (χ0) is 24.1. The van der Waals surface area contributed by atoms with Crippen LogP contribution in [0.4, 0.5) is 5.69 Å². The Morgan fingerprint density at radius 2 is 1.71 bits per heavy atom. The second-order valence-electron chi connectivity index (χ2n) is 7.61. The van der Waals surface area contributed by atoms with Gasteiger partial charge in [0.05, 0.1) is 17.1 Å². The Kier molecular flexibility index (Phi) is 7.63. The number of nitrogens with zero attached hydrogens (tertiary/aromatic N) is 2. The first-order valence-electron chi connectivity index (χ1n) is 10.4. The number of carboxylic acid groups (broad SMARTS) is 1. The predicted octanol–water partition coefficient (Wildman–Crippen LogP) is 6.39. The summed E-state index contributed by atoms with van der Waals surface area (Å²) in [6.45, 7) is 0. The average Bonchev–Trinajstić information content (AvgIpc) is 3.36. The largest absolute Gasteiger partial charge is 0.480 e. The van der Waals surface area contributed by atoms with Crippen LogP contribution in [0.3, 0.4) is 0 Å². The van der Waals surface area contributed by atoms with E-state index < -0.39 is 12.0 Å². The lowest BCUT2D eigenvalue weighted by Crippen LogP contribution is -2.47. The number of thiazole rings is 1. The fourth-order valence-electron chi connectivity index (χ4n) is 3.67. The maximum Gasteiger partial charge on any atom is 0.327 e. The SMILES string of the molecule is O=C(O)[C@H](Cc1ccccc1)N(C(=O)Cc1ccc(-c2nccs2)cc1)c1ccc(Cl)cc1Cl. The molecular formula is C26H20Cl2N2O3S. The quantitative estimate of drug-likeness (QED) is 0.298. The molecule has 8 heteroatoms. The summed E-state index contributed by atoms with van der Waals surface area (Å²) in [4.78, 5) is 31.5. The van der Waals surface area contributed by atoms with Gasteiger partial charge in [0.25, 0.3) is 0 Å². The molecule has 0 aliphatic carbocycles. The second kappa shape index (κ2) is 10.8. The Morgan fingerprint density at radius 3 is 2.32 bits per heavy atom. The van der Waals surface area contributed by atoms with E-state index in [0.717, 1.165) is 21.7 Å². The number of aromatic nitrogens is 1. The van der Waals surface area contributed by atoms with Gasteiger partial charge in [0, 0.05) is 28.6 Å². The molecule has 4 rings (SSSR count). The highest BCUT2D eigenvalue weighted by molar-refractivity contribution is 7.13. The van der Waals surface area contributed by atoms with Crippen molar-refractivity contribution in [2.75, 3.05) is 4.90 Å². The zero-order valence-electron chi connectivity index (χ0n) is 17.9. The highest BCUT2D eigenvalue weighted by atomic mass is 35.5. The van der Waals surface area contributed by atoms with Crippen LogP contribution in [0, 0.1) is 0 Å². The van der Waals surface area contributed by atoms with Crippen molar-refractivity contribution >= 4 is 52.1 Å². The third kappa shape index (κ3) is 5.65. The summed E-state index contributed by atoms with van der Waals surface area (Å²) < 4.78 is 0. The van der Waals surface area contributed by atoms with E-state index in [2.05, 4.69) is 4.98 Å². The maximum atomic E-state index is 13.6. The fourth-order valence-corrected chi connectivity index (χ4v) is 4.81. The van der Waals surface area contributed by atoms with Crippen LogP contribution in [-0.4, -0.2) is 28.0 Å². The van der Waals surface area contributed by atoms with E-state index in [0.29, 0.717) is 10.7 Å². The highest BCUT2D eigenvalue weighted by Gasteiger charge is 2.32. The Balaban J connectivity index is 1.66. The summed E-state index contributed by atoms with van der Waals surface area (Å²) in [5, 5.41) is 13.5. The number of halogens is 2. The number of carboxylic acids is 1. The molecule has 1 amide bonds. The van der Waals surface area contributed by atoms with Gasteiger partial charge in [-0.3, -0.25) is 9.69 Å². The van der Waals surface area contributed by atoms with Crippen LogP contribution in [0.15, 0.2) is 84.4 Å². The lowest BCUT2D eigenvalue weighted by molar-refractivity contribution is -0.140. The standard InChI is InChI=1S/C26H20Cl2N2O3S/c27-20-10-11-22(21(28)16-20)30(23(26(32)33)14-17-4-2-1-3-5-17)24(31)15-18-6-8-19(9-7-18)25-29-12-13-34-25/h1-13,16,23H,14-15H2,(H,32,33)/t23-/m0/s1. The third-order valence-electron chi connectivity index (χ3n) is 5.30. The van der Waals surface area contributed by atoms with E-state index in [1.165, 1.54) is 22.3 Å². The van der Waals surface area contributed by atoms with Crippen LogP contribution in [0.25, 0.3) is 10.6 Å². The number of hydrogen-bond donors (Lipinski definition) is 1. The minimum absolute atomic E-state index is 0.00960. The van der Waals surface area contributed by atoms with E-state index in [9.17, 15) is 14.7 Å². The first-order valence-corrected chi connectivity index (χ1v) is 12.1. The molecule has 4 aromatic rings. The molecule has 0 saturated heterocycles. The predicted molar refractivity (Wildman–Crippen MR) is 137 cm³/mol. The molecule has 5 nitrogen and oxygen atoms in total. The average molecular weight is 511 g/mol. The van der Waals surface area contributed by atoms with Crippen LogP contribution in [-0.2, 0) is 22.4 Å². The highest BCUT2D eigenvalue weighted by Crippen LogP contribution is 2.32. The Bertz CT molecular complexity index is 1280. The summed E-state index contributed by atoms with van der Waals surface area (Å²) >= 11 is 14.0. The number of benzene rings is 3. The molecule has 0 unspecified atom stereocenters. The van der Waals surface area contributed by atoms with Gasteiger partial charge in [0.1, 0.15) is 11.0 Å². The van der Waals surface area contributed by atoms with E-state index >= 15 is 0 Å². The zero-order valence-corrected chi connectivity index (χ0v) is 20.2. The molecule has 0 saturated carbocycles. The van der Waals surface area contributed by atoms with Gasteiger partial charge < -0.3 is 5.11 Å². The number of rotatable bonds is 8. The van der Waals surface area contributed by atoms with Crippen molar-refractivity contribution in [1.29, 1.82) is 0 Å². The molecule has 172 valence electrons. The molecule has 0 aliphatic rings. The summed E-state index contributed by atoms with van der Waals surface area (Å²) in [6.07, 6.45) is 1.88. The second-order valence-corrected chi connectivity index (χ2v) is 9.35. The number of carbonyl (C=O) groups excluding carboxylic acids is 1. The monoisotopic (exact) mass is 510 g/mol. The Labute approximate surface area is 211 Å². The van der Waals surface area contributed by atoms with Gasteiger partial charge in [-0.15, -0.1) is 11.3 Å². The molecule has 0 fully saturated rings. The van der Waals surface area contributed by atoms with Crippen molar-refractivity contribution < 1.29 is 14.7 Å². The Morgan fingerprint density at radius 1 is 0.971 bits per heavy atom. The van der Waals surface area contributed by atoms with Gasteiger partial charge in [-0.2, -0.15) is 0 Å². The molecule has 1 N–H and O–H groups in total. The maximum absolute atomic E-state index is 13.6. The minimum Gasteiger partial charge on any atom is -0.480 e. The third-order valence-corrected chi connectivity index (χ3v) is 6.66. The lowest BCUT2D eigenvalue weighted by Gasteiger charge is -2.30. The minimum atomic E-state index is -1.15. The topological polar surface area (TPSA) is 70.5 Å². The van der Waals surface area contributed by atoms with Crippen LogP contribution < -0.4 is 4.90 Å². The molecule has 1 aromatic heterocycles. The molecule has 3 aromatic carbocycles. The summed E-state index contributed by atoms with van der Waals surface area (Å²) in [6, 6.07) is 20.2. The van der Waals surface area contributed by atoms with Gasteiger partial charge in [-0.25, -0.2) is 9.78 Å². The molecule has 0 radical (unpaired) electrons. The summed E-state index contributed by atoms with van der Waals surface area (Å²) in [5.41, 5.74) is 2.81. The van der Waals surface area contributed by atoms with E-state index in [1.807, 2.05) is 60.0 Å². The summed E-state index contributed by atoms with van der Waals surface area (Å²) in [7, 11) is 0. The molecular weight excluding hydrogens is 491 g/mol. The van der Waals surface area contributed by atoms with Crippen LogP contribution in [0.1, 0.15) is 11.1 Å². The van der Waals surface area contributed by atoms with Crippen molar-refractivity contribution in [2.24, 2.45) is 0 Å². The lowest BCUT2D eigenvalue weighted by atomic mass is 10.0. The van der Waals surface area contributed by atoms with Crippen LogP contribution in [0.5, 0.6) is 0 Å². The van der Waals surface area contributed by atoms with E-state index in [4.69, 9.17) is 23.2 Å². The van der Waals surface area contributed by atoms with E-state index in [1.54, 1.807) is 18.3 Å². The van der Waals surface area contributed by atoms with Crippen LogP contribution in [0.2, 0.25) is 10.0 Å². The van der Waals surface area contributed by atoms with Crippen molar-refractivity contribution in [3.05, 3.63) is 106 Å². The Hall–Kier alpha value is -3.19. The molecule has 0 aliphatic heterocycles. The first-order chi connectivity index (χ1) is 16.4. The number of amides is 1. The molecule has 34 heavy (non-hydrogen) atoms. The van der Waals surface area contributed by atoms with Crippen molar-refractivity contribution in [3.63, 3.8) is 0 Å². The van der Waals surface area contributed by atoms with Gasteiger partial charge in [-0.05, 0) is 29.3 Å². The number of aliphatic carboxylic acids is 1. The number of anilines is 1. The van der Waals surface area contributed by atoms with Gasteiger partial charge in [0.2, 0.25) is 5.91 Å². The fraction of sp³-hybridized carbons (Fsp3) is 0.115. The van der Waals surface area contributed by atoms with Crippen molar-refractivity contribution in [3.8, 4) is 10.6 Å². The van der Waals surface area contributed by atoms with Gasteiger partial charge in [-0.1, -0.05) is 77.8 Å². The normalized spacial score (nSPS) is 11.7.